The van der Waals surface area contributed by atoms with E-state index < -0.39 is 0 Å². The van der Waals surface area contributed by atoms with E-state index in [1.54, 1.807) is 0 Å². The van der Waals surface area contributed by atoms with Gasteiger partial charge in [-0.05, 0) is 36.1 Å². The second-order valence-electron chi connectivity index (χ2n) is 3.13. The maximum atomic E-state index is 8.70. The Morgan fingerprint density at radius 2 is 2.55 bits per heavy atom. The summed E-state index contributed by atoms with van der Waals surface area (Å²) in [6.45, 7) is 0.354. The molecule has 2 rings (SSSR count). The summed E-state index contributed by atoms with van der Waals surface area (Å²) in [5.74, 6) is 1.56. The Bertz CT molecular complexity index is 217. The molecule has 1 aliphatic rings. The molecular formula is C9H12OS. The van der Waals surface area contributed by atoms with Gasteiger partial charge in [0.25, 0.3) is 0 Å². The lowest BCUT2D eigenvalue weighted by molar-refractivity contribution is 0.279. The van der Waals surface area contributed by atoms with Gasteiger partial charge in [-0.25, -0.2) is 0 Å². The van der Waals surface area contributed by atoms with Crippen molar-refractivity contribution in [1.29, 1.82) is 0 Å². The lowest BCUT2D eigenvalue weighted by atomic mass is 10.2. The zero-order valence-corrected chi connectivity index (χ0v) is 7.18. The Morgan fingerprint density at radius 3 is 3.18 bits per heavy atom. The molecule has 11 heavy (non-hydrogen) atoms. The molecule has 1 saturated carbocycles. The van der Waals surface area contributed by atoms with Gasteiger partial charge in [0, 0.05) is 11.5 Å². The minimum atomic E-state index is 0.354. The molecule has 1 aromatic rings. The first-order valence-electron chi connectivity index (χ1n) is 4.06. The molecule has 2 heteroatoms. The average Bonchev–Trinajstić information content (AvgIpc) is 2.61. The Morgan fingerprint density at radius 1 is 1.64 bits per heavy atom. The van der Waals surface area contributed by atoms with Crippen LogP contribution in [0.25, 0.3) is 0 Å². The molecule has 0 spiro atoms. The fraction of sp³-hybridized carbons (Fsp3) is 0.556. The van der Waals surface area contributed by atoms with Gasteiger partial charge in [-0.3, -0.25) is 0 Å². The predicted octanol–water partition coefficient (Wildman–Crippen LogP) is 2.23. The Kier molecular flexibility index (Phi) is 1.96. The van der Waals surface area contributed by atoms with Crippen LogP contribution >= 0.6 is 11.3 Å². The highest BCUT2D eigenvalue weighted by atomic mass is 32.1. The van der Waals surface area contributed by atoms with Crippen molar-refractivity contribution in [3.63, 3.8) is 0 Å². The van der Waals surface area contributed by atoms with Crippen LogP contribution in [0.15, 0.2) is 17.5 Å². The van der Waals surface area contributed by atoms with Crippen LogP contribution in [0, 0.1) is 5.92 Å². The first-order chi connectivity index (χ1) is 5.42. The smallest absolute Gasteiger partial charge is 0.0433 e. The highest BCUT2D eigenvalue weighted by Gasteiger charge is 2.37. The van der Waals surface area contributed by atoms with E-state index in [0.29, 0.717) is 6.61 Å². The van der Waals surface area contributed by atoms with Crippen LogP contribution in [0.3, 0.4) is 0 Å². The van der Waals surface area contributed by atoms with Gasteiger partial charge in [-0.15, -0.1) is 11.3 Å². The molecule has 0 amide bonds. The third-order valence-corrected chi connectivity index (χ3v) is 3.34. The molecule has 0 unspecified atom stereocenters. The van der Waals surface area contributed by atoms with Crippen molar-refractivity contribution in [3.05, 3.63) is 22.4 Å². The molecule has 0 radical (unpaired) electrons. The molecule has 1 N–H and O–H groups in total. The Labute approximate surface area is 70.7 Å². The second-order valence-corrected chi connectivity index (χ2v) is 4.11. The van der Waals surface area contributed by atoms with Gasteiger partial charge in [0.1, 0.15) is 0 Å². The molecule has 0 aliphatic heterocycles. The van der Waals surface area contributed by atoms with Crippen LogP contribution < -0.4 is 0 Å². The number of thiophene rings is 1. The summed E-state index contributed by atoms with van der Waals surface area (Å²) in [6, 6.07) is 4.31. The van der Waals surface area contributed by atoms with Crippen molar-refractivity contribution in [2.24, 2.45) is 5.92 Å². The van der Waals surface area contributed by atoms with Crippen molar-refractivity contribution >= 4 is 11.3 Å². The summed E-state index contributed by atoms with van der Waals surface area (Å²) in [4.78, 5) is 1.50. The molecule has 1 fully saturated rings. The van der Waals surface area contributed by atoms with Crippen LogP contribution in [0.1, 0.15) is 23.6 Å². The highest BCUT2D eigenvalue weighted by Crippen LogP contribution is 2.50. The fourth-order valence-corrected chi connectivity index (χ4v) is 2.52. The minimum Gasteiger partial charge on any atom is -0.396 e. The van der Waals surface area contributed by atoms with E-state index in [9.17, 15) is 0 Å². The molecule has 2 atom stereocenters. The largest absolute Gasteiger partial charge is 0.396 e. The van der Waals surface area contributed by atoms with Crippen LogP contribution in [-0.2, 0) is 0 Å². The fourth-order valence-electron chi connectivity index (χ4n) is 1.58. The summed E-state index contributed by atoms with van der Waals surface area (Å²) < 4.78 is 0. The third kappa shape index (κ3) is 1.47. The lowest BCUT2D eigenvalue weighted by Gasteiger charge is -1.92. The van der Waals surface area contributed by atoms with Gasteiger partial charge < -0.3 is 5.11 Å². The second kappa shape index (κ2) is 2.95. The standard InChI is InChI=1S/C9H12OS/c10-4-3-7-6-8(7)9-2-1-5-11-9/h1-2,5,7-8,10H,3-4,6H2/t7-,8+/m1/s1. The van der Waals surface area contributed by atoms with Crippen LogP contribution in [0.2, 0.25) is 0 Å². The van der Waals surface area contributed by atoms with Gasteiger partial charge in [0.15, 0.2) is 0 Å². The quantitative estimate of drug-likeness (QED) is 0.733. The maximum absolute atomic E-state index is 8.70. The van der Waals surface area contributed by atoms with Crippen LogP contribution in [0.4, 0.5) is 0 Å². The van der Waals surface area contributed by atoms with Crippen molar-refractivity contribution < 1.29 is 5.11 Å². The number of hydrogen-bond donors (Lipinski definition) is 1. The summed E-state index contributed by atoms with van der Waals surface area (Å²) >= 11 is 1.84. The number of hydrogen-bond acceptors (Lipinski definition) is 2. The van der Waals surface area contributed by atoms with E-state index in [1.165, 1.54) is 11.3 Å². The number of rotatable bonds is 3. The van der Waals surface area contributed by atoms with E-state index in [1.807, 2.05) is 11.3 Å². The first kappa shape index (κ1) is 7.32. The number of aliphatic hydroxyl groups excluding tert-OH is 1. The SMILES string of the molecule is OCC[C@@H]1C[C@@H]1c1cccs1. The molecule has 60 valence electrons. The van der Waals surface area contributed by atoms with Crippen molar-refractivity contribution in [1.82, 2.24) is 0 Å². The van der Waals surface area contributed by atoms with Gasteiger partial charge in [-0.1, -0.05) is 6.07 Å². The maximum Gasteiger partial charge on any atom is 0.0433 e. The van der Waals surface area contributed by atoms with E-state index in [-0.39, 0.29) is 0 Å². The average molecular weight is 168 g/mol. The summed E-state index contributed by atoms with van der Waals surface area (Å²) in [5.41, 5.74) is 0. The summed E-state index contributed by atoms with van der Waals surface area (Å²) in [6.07, 6.45) is 2.28. The van der Waals surface area contributed by atoms with Crippen LogP contribution in [0.5, 0.6) is 0 Å². The Balaban J connectivity index is 1.92. The van der Waals surface area contributed by atoms with Crippen molar-refractivity contribution in [2.75, 3.05) is 6.61 Å². The van der Waals surface area contributed by atoms with Gasteiger partial charge in [-0.2, -0.15) is 0 Å². The molecule has 1 aromatic heterocycles. The van der Waals surface area contributed by atoms with E-state index in [0.717, 1.165) is 18.3 Å². The van der Waals surface area contributed by atoms with Crippen molar-refractivity contribution in [3.8, 4) is 0 Å². The molecule has 0 bridgehead atoms. The molecule has 1 nitrogen and oxygen atoms in total. The molecule has 0 saturated heterocycles. The monoisotopic (exact) mass is 168 g/mol. The van der Waals surface area contributed by atoms with E-state index in [2.05, 4.69) is 17.5 Å². The first-order valence-corrected chi connectivity index (χ1v) is 4.94. The predicted molar refractivity (Wildman–Crippen MR) is 46.9 cm³/mol. The van der Waals surface area contributed by atoms with E-state index in [4.69, 9.17) is 5.11 Å². The van der Waals surface area contributed by atoms with E-state index >= 15 is 0 Å². The zero-order chi connectivity index (χ0) is 7.68. The molecule has 1 heterocycles. The summed E-state index contributed by atoms with van der Waals surface area (Å²) in [5, 5.41) is 10.8. The highest BCUT2D eigenvalue weighted by molar-refractivity contribution is 7.10. The zero-order valence-electron chi connectivity index (χ0n) is 6.36. The molecular weight excluding hydrogens is 156 g/mol. The van der Waals surface area contributed by atoms with Gasteiger partial charge in [0.05, 0.1) is 0 Å². The molecule has 0 aromatic carbocycles. The third-order valence-electron chi connectivity index (χ3n) is 2.33. The topological polar surface area (TPSA) is 20.2 Å². The molecule has 1 aliphatic carbocycles. The Hall–Kier alpha value is -0.340. The van der Waals surface area contributed by atoms with Crippen LogP contribution in [-0.4, -0.2) is 11.7 Å². The van der Waals surface area contributed by atoms with Gasteiger partial charge >= 0.3 is 0 Å². The minimum absolute atomic E-state index is 0.354. The normalized spacial score (nSPS) is 28.8. The number of aliphatic hydroxyl groups is 1. The van der Waals surface area contributed by atoms with Gasteiger partial charge in [0.2, 0.25) is 0 Å². The lowest BCUT2D eigenvalue weighted by Crippen LogP contribution is -1.85. The van der Waals surface area contributed by atoms with Crippen molar-refractivity contribution in [2.45, 2.75) is 18.8 Å². The summed E-state index contributed by atoms with van der Waals surface area (Å²) in [7, 11) is 0.